The average Bonchev–Trinajstić information content (AvgIpc) is 3.11. The first kappa shape index (κ1) is 13.7. The zero-order valence-corrected chi connectivity index (χ0v) is 12.7. The van der Waals surface area contributed by atoms with Crippen molar-refractivity contribution < 1.29 is 9.59 Å². The normalized spacial score (nSPS) is 13.5. The lowest BCUT2D eigenvalue weighted by Gasteiger charge is -2.14. The van der Waals surface area contributed by atoms with E-state index in [1.165, 1.54) is 16.2 Å². The van der Waals surface area contributed by atoms with Gasteiger partial charge in [0.1, 0.15) is 0 Å². The van der Waals surface area contributed by atoms with Gasteiger partial charge >= 0.3 is 0 Å². The van der Waals surface area contributed by atoms with Gasteiger partial charge in [-0.1, -0.05) is 24.3 Å². The number of anilines is 2. The molecule has 2 aromatic carbocycles. The second-order valence-electron chi connectivity index (χ2n) is 5.11. The molecule has 0 spiro atoms. The molecule has 2 heterocycles. The van der Waals surface area contributed by atoms with Gasteiger partial charge in [-0.2, -0.15) is 0 Å². The van der Waals surface area contributed by atoms with E-state index < -0.39 is 0 Å². The van der Waals surface area contributed by atoms with Gasteiger partial charge in [0.2, 0.25) is 0 Å². The predicted molar refractivity (Wildman–Crippen MR) is 89.5 cm³/mol. The van der Waals surface area contributed by atoms with Crippen molar-refractivity contribution >= 4 is 34.0 Å². The lowest BCUT2D eigenvalue weighted by atomic mass is 10.1. The first-order valence-electron chi connectivity index (χ1n) is 6.94. The van der Waals surface area contributed by atoms with Crippen LogP contribution in [0.1, 0.15) is 20.7 Å². The summed E-state index contributed by atoms with van der Waals surface area (Å²) in [6, 6.07) is 14.0. The Morgan fingerprint density at radius 1 is 0.913 bits per heavy atom. The molecule has 3 aromatic rings. The van der Waals surface area contributed by atoms with Crippen molar-refractivity contribution in [1.29, 1.82) is 0 Å². The summed E-state index contributed by atoms with van der Waals surface area (Å²) in [6.45, 7) is 0. The molecule has 5 nitrogen and oxygen atoms in total. The molecule has 0 atom stereocenters. The monoisotopic (exact) mass is 321 g/mol. The van der Waals surface area contributed by atoms with E-state index in [2.05, 4.69) is 4.98 Å². The molecule has 4 rings (SSSR count). The second kappa shape index (κ2) is 5.03. The van der Waals surface area contributed by atoms with Crippen molar-refractivity contribution in [3.05, 3.63) is 65.0 Å². The number of benzene rings is 2. The van der Waals surface area contributed by atoms with E-state index in [0.717, 1.165) is 11.3 Å². The quantitative estimate of drug-likeness (QED) is 0.735. The summed E-state index contributed by atoms with van der Waals surface area (Å²) < 4.78 is 0. The zero-order valence-electron chi connectivity index (χ0n) is 11.9. The van der Waals surface area contributed by atoms with Crippen molar-refractivity contribution in [2.75, 3.05) is 10.6 Å². The third-order valence-electron chi connectivity index (χ3n) is 3.74. The molecule has 112 valence electrons. The molecule has 1 aliphatic heterocycles. The Labute approximate surface area is 136 Å². The molecular weight excluding hydrogens is 310 g/mol. The maximum absolute atomic E-state index is 12.4. The van der Waals surface area contributed by atoms with E-state index >= 15 is 0 Å². The number of hydrogen-bond acceptors (Lipinski definition) is 5. The first-order chi connectivity index (χ1) is 11.1. The smallest absolute Gasteiger partial charge is 0.266 e. The molecule has 2 N–H and O–H groups in total. The summed E-state index contributed by atoms with van der Waals surface area (Å²) in [4.78, 5) is 30.3. The number of nitrogens with zero attached hydrogens (tertiary/aromatic N) is 2. The minimum atomic E-state index is -0.295. The van der Waals surface area contributed by atoms with Gasteiger partial charge in [-0.05, 0) is 24.3 Å². The lowest BCUT2D eigenvalue weighted by molar-refractivity contribution is 0.0926. The highest BCUT2D eigenvalue weighted by molar-refractivity contribution is 7.13. The van der Waals surface area contributed by atoms with Gasteiger partial charge in [0, 0.05) is 10.9 Å². The van der Waals surface area contributed by atoms with Gasteiger partial charge in [-0.15, -0.1) is 11.3 Å². The van der Waals surface area contributed by atoms with E-state index in [4.69, 9.17) is 5.73 Å². The molecule has 2 amide bonds. The number of aromatic nitrogens is 1. The van der Waals surface area contributed by atoms with E-state index in [1.54, 1.807) is 36.4 Å². The standard InChI is InChI=1S/C17H11N3O2S/c18-17-19-14(9-23-17)10-5-7-11(8-6-10)20-15(21)12-3-1-2-4-13(12)16(20)22/h1-9H,(H2,18,19). The molecule has 0 aliphatic carbocycles. The third-order valence-corrected chi connectivity index (χ3v) is 4.41. The van der Waals surface area contributed by atoms with Crippen LogP contribution in [0, 0.1) is 0 Å². The average molecular weight is 321 g/mol. The molecule has 0 fully saturated rings. The van der Waals surface area contributed by atoms with Crippen LogP contribution in [0.2, 0.25) is 0 Å². The number of carbonyl (C=O) groups is 2. The maximum atomic E-state index is 12.4. The number of rotatable bonds is 2. The molecule has 1 aliphatic rings. The minimum absolute atomic E-state index is 0.295. The highest BCUT2D eigenvalue weighted by Crippen LogP contribution is 2.30. The van der Waals surface area contributed by atoms with Gasteiger partial charge < -0.3 is 5.73 Å². The fraction of sp³-hybridized carbons (Fsp3) is 0. The Morgan fingerprint density at radius 3 is 2.04 bits per heavy atom. The summed E-state index contributed by atoms with van der Waals surface area (Å²) in [5.41, 5.74) is 8.73. The fourth-order valence-electron chi connectivity index (χ4n) is 2.63. The number of imide groups is 1. The fourth-order valence-corrected chi connectivity index (χ4v) is 3.20. The van der Waals surface area contributed by atoms with Crippen LogP contribution < -0.4 is 10.6 Å². The van der Waals surface area contributed by atoms with Gasteiger partial charge in [0.25, 0.3) is 11.8 Å². The number of nitrogens with two attached hydrogens (primary N) is 1. The molecule has 0 saturated carbocycles. The largest absolute Gasteiger partial charge is 0.375 e. The topological polar surface area (TPSA) is 76.3 Å². The Bertz CT molecular complexity index is 896. The van der Waals surface area contributed by atoms with Crippen LogP contribution in [-0.2, 0) is 0 Å². The molecule has 0 bridgehead atoms. The summed E-state index contributed by atoms with van der Waals surface area (Å²) in [5, 5.41) is 2.37. The number of fused-ring (bicyclic) bond motifs is 1. The van der Waals surface area contributed by atoms with Crippen LogP contribution in [0.5, 0.6) is 0 Å². The van der Waals surface area contributed by atoms with Crippen LogP contribution in [0.25, 0.3) is 11.3 Å². The van der Waals surface area contributed by atoms with Crippen LogP contribution >= 0.6 is 11.3 Å². The number of hydrogen-bond donors (Lipinski definition) is 1. The summed E-state index contributed by atoms with van der Waals surface area (Å²) in [7, 11) is 0. The van der Waals surface area contributed by atoms with E-state index in [1.807, 2.05) is 17.5 Å². The van der Waals surface area contributed by atoms with E-state index in [0.29, 0.717) is 21.9 Å². The Balaban J connectivity index is 1.70. The number of carbonyl (C=O) groups excluding carboxylic acids is 2. The summed E-state index contributed by atoms with van der Waals surface area (Å²) >= 11 is 1.37. The molecule has 6 heteroatoms. The molecule has 0 radical (unpaired) electrons. The molecule has 23 heavy (non-hydrogen) atoms. The number of amides is 2. The Morgan fingerprint density at radius 2 is 1.52 bits per heavy atom. The van der Waals surface area contributed by atoms with Crippen molar-refractivity contribution in [2.24, 2.45) is 0 Å². The number of thiazole rings is 1. The zero-order chi connectivity index (χ0) is 16.0. The second-order valence-corrected chi connectivity index (χ2v) is 6.00. The Hall–Kier alpha value is -2.99. The highest BCUT2D eigenvalue weighted by Gasteiger charge is 2.36. The van der Waals surface area contributed by atoms with Gasteiger partial charge in [-0.25, -0.2) is 9.88 Å². The Kier molecular flexibility index (Phi) is 2.99. The third kappa shape index (κ3) is 2.11. The number of nitrogen functional groups attached to an aromatic ring is 1. The summed E-state index contributed by atoms with van der Waals surface area (Å²) in [6.07, 6.45) is 0. The molecule has 0 unspecified atom stereocenters. The van der Waals surface area contributed by atoms with Gasteiger partial charge in [0.15, 0.2) is 5.13 Å². The van der Waals surface area contributed by atoms with E-state index in [-0.39, 0.29) is 11.8 Å². The molecule has 0 saturated heterocycles. The highest BCUT2D eigenvalue weighted by atomic mass is 32.1. The van der Waals surface area contributed by atoms with Crippen molar-refractivity contribution in [3.8, 4) is 11.3 Å². The van der Waals surface area contributed by atoms with E-state index in [9.17, 15) is 9.59 Å². The lowest BCUT2D eigenvalue weighted by Crippen LogP contribution is -2.29. The van der Waals surface area contributed by atoms with Gasteiger partial charge in [0.05, 0.1) is 22.5 Å². The maximum Gasteiger partial charge on any atom is 0.266 e. The van der Waals surface area contributed by atoms with Crippen molar-refractivity contribution in [2.45, 2.75) is 0 Å². The molecule has 1 aromatic heterocycles. The van der Waals surface area contributed by atoms with Crippen LogP contribution in [0.15, 0.2) is 53.9 Å². The SMILES string of the molecule is Nc1nc(-c2ccc(N3C(=O)c4ccccc4C3=O)cc2)cs1. The molecular formula is C17H11N3O2S. The van der Waals surface area contributed by atoms with Crippen molar-refractivity contribution in [3.63, 3.8) is 0 Å². The van der Waals surface area contributed by atoms with Gasteiger partial charge in [-0.3, -0.25) is 9.59 Å². The van der Waals surface area contributed by atoms with Crippen LogP contribution in [0.4, 0.5) is 10.8 Å². The minimum Gasteiger partial charge on any atom is -0.375 e. The van der Waals surface area contributed by atoms with Crippen LogP contribution in [0.3, 0.4) is 0 Å². The van der Waals surface area contributed by atoms with Crippen LogP contribution in [-0.4, -0.2) is 16.8 Å². The van der Waals surface area contributed by atoms with Crippen molar-refractivity contribution in [1.82, 2.24) is 4.98 Å². The first-order valence-corrected chi connectivity index (χ1v) is 7.82. The summed E-state index contributed by atoms with van der Waals surface area (Å²) in [5.74, 6) is -0.590. The predicted octanol–water partition coefficient (Wildman–Crippen LogP) is 3.19.